The van der Waals surface area contributed by atoms with Gasteiger partial charge in [-0.1, -0.05) is 32.1 Å². The van der Waals surface area contributed by atoms with Gasteiger partial charge in [0.1, 0.15) is 5.01 Å². The zero-order chi connectivity index (χ0) is 13.7. The summed E-state index contributed by atoms with van der Waals surface area (Å²) in [5, 5.41) is 19.5. The molecule has 2 heterocycles. The Bertz CT molecular complexity index is 468. The van der Waals surface area contributed by atoms with Gasteiger partial charge in [-0.25, -0.2) is 9.69 Å². The number of aliphatic hydroxyl groups excluding tert-OH is 1. The number of urea groups is 1. The minimum atomic E-state index is -0.872. The van der Waals surface area contributed by atoms with Crippen LogP contribution >= 0.6 is 11.3 Å². The molecule has 1 fully saturated rings. The number of hydrogen-bond acceptors (Lipinski definition) is 5. The largest absolute Gasteiger partial charge is 0.371 e. The van der Waals surface area contributed by atoms with E-state index in [0.29, 0.717) is 5.13 Å². The monoisotopic (exact) mass is 270 g/mol. The van der Waals surface area contributed by atoms with Crippen molar-refractivity contribution in [3.8, 4) is 0 Å². The Morgan fingerprint density at radius 1 is 1.33 bits per heavy atom. The van der Waals surface area contributed by atoms with Crippen LogP contribution < -0.4 is 4.90 Å². The van der Waals surface area contributed by atoms with Crippen molar-refractivity contribution in [3.05, 3.63) is 5.01 Å². The average molecular weight is 270 g/mol. The Morgan fingerprint density at radius 3 is 2.33 bits per heavy atom. The van der Waals surface area contributed by atoms with E-state index in [-0.39, 0.29) is 17.5 Å². The Balaban J connectivity index is 2.33. The van der Waals surface area contributed by atoms with E-state index in [9.17, 15) is 9.90 Å². The molecule has 0 unspecified atom stereocenters. The van der Waals surface area contributed by atoms with Gasteiger partial charge in [-0.15, -0.1) is 10.2 Å². The summed E-state index contributed by atoms with van der Waals surface area (Å²) in [5.41, 5.74) is -0.110. The molecule has 0 radical (unpaired) electrons. The Morgan fingerprint density at radius 2 is 1.94 bits per heavy atom. The number of carbonyl (C=O) groups is 1. The third-order valence-electron chi connectivity index (χ3n) is 3.08. The number of aromatic nitrogens is 2. The quantitative estimate of drug-likeness (QED) is 0.837. The van der Waals surface area contributed by atoms with E-state index in [1.54, 1.807) is 14.0 Å². The second-order valence-electron chi connectivity index (χ2n) is 5.56. The number of amides is 2. The number of carbonyl (C=O) groups excluding carboxylic acids is 1. The maximum atomic E-state index is 12.0. The highest BCUT2D eigenvalue weighted by Gasteiger charge is 2.43. The summed E-state index contributed by atoms with van der Waals surface area (Å²) in [6.45, 7) is 7.91. The van der Waals surface area contributed by atoms with Gasteiger partial charge < -0.3 is 10.0 Å². The van der Waals surface area contributed by atoms with Gasteiger partial charge in [-0.3, -0.25) is 0 Å². The summed E-state index contributed by atoms with van der Waals surface area (Å²) in [4.78, 5) is 14.8. The highest BCUT2D eigenvalue weighted by atomic mass is 32.1. The number of nitrogens with zero attached hydrogens (tertiary/aromatic N) is 4. The molecule has 2 amide bonds. The smallest absolute Gasteiger partial charge is 0.328 e. The van der Waals surface area contributed by atoms with Gasteiger partial charge >= 0.3 is 6.03 Å². The van der Waals surface area contributed by atoms with E-state index in [1.165, 1.54) is 21.1 Å². The van der Waals surface area contributed by atoms with Gasteiger partial charge in [0.2, 0.25) is 5.13 Å². The summed E-state index contributed by atoms with van der Waals surface area (Å²) in [6, 6.07) is -0.494. The van der Waals surface area contributed by atoms with Crippen molar-refractivity contribution in [2.75, 3.05) is 11.9 Å². The summed E-state index contributed by atoms with van der Waals surface area (Å²) in [5.74, 6) is 0. The van der Waals surface area contributed by atoms with E-state index in [1.807, 2.05) is 20.8 Å². The van der Waals surface area contributed by atoms with Crippen molar-refractivity contribution >= 4 is 22.5 Å². The fourth-order valence-electron chi connectivity index (χ4n) is 1.68. The van der Waals surface area contributed by atoms with Crippen molar-refractivity contribution in [3.63, 3.8) is 0 Å². The first-order valence-corrected chi connectivity index (χ1v) is 6.63. The molecule has 0 aromatic carbocycles. The van der Waals surface area contributed by atoms with E-state index >= 15 is 0 Å². The molecule has 2 atom stereocenters. The fraction of sp³-hybridized carbons (Fsp3) is 0.727. The molecule has 1 saturated heterocycles. The molecule has 1 N–H and O–H groups in total. The van der Waals surface area contributed by atoms with E-state index in [0.717, 1.165) is 5.01 Å². The summed E-state index contributed by atoms with van der Waals surface area (Å²) < 4.78 is 0. The van der Waals surface area contributed by atoms with E-state index in [2.05, 4.69) is 10.2 Å². The predicted molar refractivity (Wildman–Crippen MR) is 69.7 cm³/mol. The molecule has 0 bridgehead atoms. The molecular weight excluding hydrogens is 252 g/mol. The molecule has 1 aliphatic rings. The van der Waals surface area contributed by atoms with E-state index in [4.69, 9.17) is 0 Å². The van der Waals surface area contributed by atoms with Crippen LogP contribution in [0, 0.1) is 0 Å². The third-order valence-corrected chi connectivity index (χ3v) is 4.43. The van der Waals surface area contributed by atoms with Crippen LogP contribution in [0.3, 0.4) is 0 Å². The van der Waals surface area contributed by atoms with Crippen LogP contribution in [0.5, 0.6) is 0 Å². The number of hydrogen-bond donors (Lipinski definition) is 1. The lowest BCUT2D eigenvalue weighted by atomic mass is 9.98. The number of anilines is 1. The molecule has 1 aliphatic heterocycles. The topological polar surface area (TPSA) is 69.6 Å². The first kappa shape index (κ1) is 13.2. The number of aliphatic hydroxyl groups is 1. The van der Waals surface area contributed by atoms with Crippen molar-refractivity contribution < 1.29 is 9.90 Å². The maximum Gasteiger partial charge on any atom is 0.328 e. The number of rotatable bonds is 1. The molecule has 0 spiro atoms. The van der Waals surface area contributed by atoms with Crippen LogP contribution in [0.25, 0.3) is 0 Å². The highest BCUT2D eigenvalue weighted by Crippen LogP contribution is 2.33. The molecule has 6 nitrogen and oxygen atoms in total. The lowest BCUT2D eigenvalue weighted by Crippen LogP contribution is -2.35. The Hall–Kier alpha value is -1.21. The normalized spacial score (nSPS) is 25.1. The lowest BCUT2D eigenvalue weighted by Gasteiger charge is -2.16. The molecule has 0 saturated carbocycles. The van der Waals surface area contributed by atoms with Gasteiger partial charge in [-0.05, 0) is 6.92 Å². The second-order valence-corrected chi connectivity index (χ2v) is 6.51. The minimum Gasteiger partial charge on any atom is -0.371 e. The molecule has 100 valence electrons. The predicted octanol–water partition coefficient (Wildman–Crippen LogP) is 1.41. The van der Waals surface area contributed by atoms with Crippen LogP contribution in [0.1, 0.15) is 32.7 Å². The summed E-state index contributed by atoms with van der Waals surface area (Å²) in [7, 11) is 1.67. The van der Waals surface area contributed by atoms with Crippen LogP contribution in [-0.2, 0) is 5.41 Å². The van der Waals surface area contributed by atoms with Gasteiger partial charge in [-0.2, -0.15) is 0 Å². The van der Waals surface area contributed by atoms with Crippen LogP contribution in [-0.4, -0.2) is 45.6 Å². The van der Waals surface area contributed by atoms with Gasteiger partial charge in [0.25, 0.3) is 0 Å². The summed E-state index contributed by atoms with van der Waals surface area (Å²) >= 11 is 1.34. The lowest BCUT2D eigenvalue weighted by molar-refractivity contribution is 0.138. The SMILES string of the molecule is C[C@H]1[C@H](O)N(c2nnc(C(C)(C)C)s2)C(=O)N1C. The maximum absolute atomic E-state index is 12.0. The van der Waals surface area contributed by atoms with Crippen molar-refractivity contribution in [1.29, 1.82) is 0 Å². The average Bonchev–Trinajstić information content (AvgIpc) is 2.81. The van der Waals surface area contributed by atoms with Crippen molar-refractivity contribution in [2.45, 2.75) is 45.4 Å². The second kappa shape index (κ2) is 4.17. The molecule has 18 heavy (non-hydrogen) atoms. The molecule has 1 aromatic rings. The van der Waals surface area contributed by atoms with Crippen molar-refractivity contribution in [1.82, 2.24) is 15.1 Å². The first-order chi connectivity index (χ1) is 8.23. The Labute approximate surface area is 110 Å². The van der Waals surface area contributed by atoms with Crippen LogP contribution in [0.2, 0.25) is 0 Å². The van der Waals surface area contributed by atoms with Gasteiger partial charge in [0.05, 0.1) is 6.04 Å². The molecule has 0 aliphatic carbocycles. The van der Waals surface area contributed by atoms with Gasteiger partial charge in [0.15, 0.2) is 6.23 Å². The molecule has 2 rings (SSSR count). The van der Waals surface area contributed by atoms with Crippen molar-refractivity contribution in [2.24, 2.45) is 0 Å². The molecule has 7 heteroatoms. The fourth-order valence-corrected chi connectivity index (χ4v) is 2.61. The van der Waals surface area contributed by atoms with Crippen LogP contribution in [0.15, 0.2) is 0 Å². The summed E-state index contributed by atoms with van der Waals surface area (Å²) in [6.07, 6.45) is -0.872. The highest BCUT2D eigenvalue weighted by molar-refractivity contribution is 7.15. The minimum absolute atomic E-state index is 0.110. The third kappa shape index (κ3) is 1.97. The Kier molecular flexibility index (Phi) is 3.06. The zero-order valence-electron chi connectivity index (χ0n) is 11.2. The first-order valence-electron chi connectivity index (χ1n) is 5.81. The number of likely N-dealkylation sites (N-methyl/N-ethyl adjacent to an activating group) is 1. The van der Waals surface area contributed by atoms with Crippen LogP contribution in [0.4, 0.5) is 9.93 Å². The molecular formula is C11H18N4O2S. The standard InChI is InChI=1S/C11H18N4O2S/c1-6-7(16)15(10(17)14(6)5)9-13-12-8(18-9)11(2,3)4/h6-7,16H,1-5H3/t6-,7-/m0/s1. The van der Waals surface area contributed by atoms with E-state index < -0.39 is 6.23 Å². The van der Waals surface area contributed by atoms with Gasteiger partial charge in [0, 0.05) is 12.5 Å². The molecule has 1 aromatic heterocycles. The zero-order valence-corrected chi connectivity index (χ0v) is 12.0.